The summed E-state index contributed by atoms with van der Waals surface area (Å²) in [6.07, 6.45) is 3.84. The fourth-order valence-corrected chi connectivity index (χ4v) is 4.65. The lowest BCUT2D eigenvalue weighted by Gasteiger charge is -2.24. The van der Waals surface area contributed by atoms with Gasteiger partial charge < -0.3 is 9.84 Å². The molecule has 1 atom stereocenters. The Balaban J connectivity index is 1.77. The lowest BCUT2D eigenvalue weighted by atomic mass is 10.0. The maximum absolute atomic E-state index is 12.9. The minimum Gasteiger partial charge on any atom is -0.491 e. The van der Waals surface area contributed by atoms with Crippen molar-refractivity contribution in [2.75, 3.05) is 0 Å². The molecule has 0 bridgehead atoms. The fraction of sp³-hybridized carbons (Fsp3) is 0.333. The van der Waals surface area contributed by atoms with E-state index < -0.39 is 12.0 Å². The summed E-state index contributed by atoms with van der Waals surface area (Å²) < 4.78 is 5.93. The van der Waals surface area contributed by atoms with Gasteiger partial charge in [0, 0.05) is 11.8 Å². The number of aliphatic carboxylic acids is 1. The highest BCUT2D eigenvalue weighted by Crippen LogP contribution is 2.35. The molecule has 1 saturated heterocycles. The maximum Gasteiger partial charge on any atom is 0.326 e. The Morgan fingerprint density at radius 3 is 2.34 bits per heavy atom. The summed E-state index contributed by atoms with van der Waals surface area (Å²) in [6, 6.07) is 10.6. The smallest absolute Gasteiger partial charge is 0.326 e. The highest BCUT2D eigenvalue weighted by molar-refractivity contribution is 8.26. The number of nitrogens with zero attached hydrogens (tertiary/aromatic N) is 2. The third-order valence-corrected chi connectivity index (χ3v) is 6.07. The van der Waals surface area contributed by atoms with Crippen molar-refractivity contribution in [3.8, 4) is 16.9 Å². The van der Waals surface area contributed by atoms with Gasteiger partial charge in [-0.3, -0.25) is 14.7 Å². The van der Waals surface area contributed by atoms with Gasteiger partial charge in [0.25, 0.3) is 5.91 Å². The number of rotatable bonds is 8. The van der Waals surface area contributed by atoms with Crippen LogP contribution in [0.25, 0.3) is 17.2 Å². The number of hydrogen-bond donors (Lipinski definition) is 1. The van der Waals surface area contributed by atoms with Gasteiger partial charge in [-0.2, -0.15) is 0 Å². The number of carboxylic acids is 1. The lowest BCUT2D eigenvalue weighted by Crippen LogP contribution is -2.44. The van der Waals surface area contributed by atoms with Crippen LogP contribution < -0.4 is 4.74 Å². The second kappa shape index (κ2) is 10.3. The van der Waals surface area contributed by atoms with Gasteiger partial charge in [-0.05, 0) is 56.0 Å². The van der Waals surface area contributed by atoms with Crippen LogP contribution in [0.4, 0.5) is 0 Å². The molecule has 0 spiro atoms. The van der Waals surface area contributed by atoms with Gasteiger partial charge in [0.2, 0.25) is 0 Å². The summed E-state index contributed by atoms with van der Waals surface area (Å²) >= 11 is 6.42. The van der Waals surface area contributed by atoms with Crippen LogP contribution in [-0.2, 0) is 9.59 Å². The molecule has 0 saturated carbocycles. The van der Waals surface area contributed by atoms with Crippen LogP contribution in [0.2, 0.25) is 0 Å². The normalized spacial score (nSPS) is 16.3. The molecule has 0 aliphatic carbocycles. The molecular formula is C24H26N2O4S2. The molecule has 32 heavy (non-hydrogen) atoms. The van der Waals surface area contributed by atoms with E-state index in [1.807, 2.05) is 64.1 Å². The molecule has 2 heterocycles. The van der Waals surface area contributed by atoms with E-state index in [1.54, 1.807) is 12.3 Å². The number of aromatic nitrogens is 1. The Kier molecular flexibility index (Phi) is 7.69. The second-order valence-corrected chi connectivity index (χ2v) is 9.87. The molecule has 1 aromatic carbocycles. The maximum atomic E-state index is 12.9. The molecule has 168 valence electrons. The third-order valence-electron chi connectivity index (χ3n) is 4.74. The van der Waals surface area contributed by atoms with Crippen molar-refractivity contribution < 1.29 is 19.4 Å². The summed E-state index contributed by atoms with van der Waals surface area (Å²) in [6.45, 7) is 7.80. The number of thiocarbonyl (C=S) groups is 1. The van der Waals surface area contributed by atoms with Gasteiger partial charge in [-0.1, -0.05) is 56.0 Å². The predicted octanol–water partition coefficient (Wildman–Crippen LogP) is 5.24. The number of ether oxygens (including phenoxy) is 1. The number of carbonyl (C=O) groups is 2. The van der Waals surface area contributed by atoms with Crippen molar-refractivity contribution in [2.24, 2.45) is 5.92 Å². The van der Waals surface area contributed by atoms with Gasteiger partial charge in [0.1, 0.15) is 16.1 Å². The van der Waals surface area contributed by atoms with Crippen LogP contribution in [0, 0.1) is 5.92 Å². The average molecular weight is 471 g/mol. The number of amides is 1. The minimum absolute atomic E-state index is 0.116. The van der Waals surface area contributed by atoms with E-state index in [2.05, 4.69) is 4.98 Å². The Morgan fingerprint density at radius 1 is 1.16 bits per heavy atom. The molecule has 1 aliphatic heterocycles. The topological polar surface area (TPSA) is 79.7 Å². The van der Waals surface area contributed by atoms with Gasteiger partial charge in [0.05, 0.1) is 16.7 Å². The van der Waals surface area contributed by atoms with Crippen LogP contribution in [0.1, 0.15) is 39.8 Å². The number of carboxylic acid groups (broad SMARTS) is 1. The molecule has 3 rings (SSSR count). The molecular weight excluding hydrogens is 444 g/mol. The Morgan fingerprint density at radius 2 is 1.81 bits per heavy atom. The summed E-state index contributed by atoms with van der Waals surface area (Å²) in [5.41, 5.74) is 2.54. The molecule has 0 radical (unpaired) electrons. The first kappa shape index (κ1) is 23.9. The highest BCUT2D eigenvalue weighted by Gasteiger charge is 2.40. The summed E-state index contributed by atoms with van der Waals surface area (Å²) in [5, 5.41) is 9.59. The van der Waals surface area contributed by atoms with E-state index in [-0.39, 0.29) is 22.2 Å². The predicted molar refractivity (Wildman–Crippen MR) is 131 cm³/mol. The second-order valence-electron chi connectivity index (χ2n) is 8.20. The molecule has 1 fully saturated rings. The lowest BCUT2D eigenvalue weighted by molar-refractivity contribution is -0.145. The average Bonchev–Trinajstić information content (AvgIpc) is 2.99. The van der Waals surface area contributed by atoms with Crippen LogP contribution in [-0.4, -0.2) is 43.3 Å². The summed E-state index contributed by atoms with van der Waals surface area (Å²) in [5.74, 6) is -0.513. The molecule has 1 aliphatic rings. The van der Waals surface area contributed by atoms with Gasteiger partial charge in [0.15, 0.2) is 0 Å². The Labute approximate surface area is 197 Å². The van der Waals surface area contributed by atoms with Gasteiger partial charge in [-0.25, -0.2) is 4.79 Å². The quantitative estimate of drug-likeness (QED) is 0.418. The monoisotopic (exact) mass is 470 g/mol. The molecule has 1 aromatic heterocycles. The first-order valence-corrected chi connectivity index (χ1v) is 11.6. The largest absolute Gasteiger partial charge is 0.491 e. The number of benzene rings is 1. The van der Waals surface area contributed by atoms with E-state index in [9.17, 15) is 14.7 Å². The van der Waals surface area contributed by atoms with Crippen LogP contribution >= 0.6 is 24.0 Å². The van der Waals surface area contributed by atoms with E-state index in [1.165, 1.54) is 4.90 Å². The zero-order valence-electron chi connectivity index (χ0n) is 18.4. The summed E-state index contributed by atoms with van der Waals surface area (Å²) in [4.78, 5) is 30.6. The van der Waals surface area contributed by atoms with Gasteiger partial charge in [-0.15, -0.1) is 0 Å². The van der Waals surface area contributed by atoms with Crippen molar-refractivity contribution in [1.82, 2.24) is 9.88 Å². The molecule has 8 heteroatoms. The number of carbonyl (C=O) groups excluding carboxylic acids is 1. The van der Waals surface area contributed by atoms with E-state index >= 15 is 0 Å². The van der Waals surface area contributed by atoms with Crippen molar-refractivity contribution in [3.05, 3.63) is 53.2 Å². The SMILES string of the molecule is CC(C)C[C@@H](C(=O)O)N1C(=O)C(=Cc2ccc(-c3ccc(OC(C)C)cc3)cn2)SC1=S. The standard InChI is InChI=1S/C24H26N2O4S2/c1-14(2)11-20(23(28)29)26-22(27)21(32-24(26)31)12-18-8-5-17(13-25-18)16-6-9-19(10-7-16)30-15(3)4/h5-10,12-15,20H,11H2,1-4H3,(H,28,29)/t20-/m0/s1. The van der Waals surface area contributed by atoms with Crippen molar-refractivity contribution in [1.29, 1.82) is 0 Å². The highest BCUT2D eigenvalue weighted by atomic mass is 32.2. The van der Waals surface area contributed by atoms with E-state index in [0.717, 1.165) is 28.6 Å². The van der Waals surface area contributed by atoms with Crippen molar-refractivity contribution in [2.45, 2.75) is 46.3 Å². The molecule has 0 unspecified atom stereocenters. The van der Waals surface area contributed by atoms with Crippen molar-refractivity contribution >= 4 is 46.3 Å². The molecule has 1 amide bonds. The number of thioether (sulfide) groups is 1. The zero-order chi connectivity index (χ0) is 23.4. The van der Waals surface area contributed by atoms with Crippen LogP contribution in [0.3, 0.4) is 0 Å². The van der Waals surface area contributed by atoms with Crippen molar-refractivity contribution in [3.63, 3.8) is 0 Å². The number of pyridine rings is 1. The fourth-order valence-electron chi connectivity index (χ4n) is 3.31. The van der Waals surface area contributed by atoms with E-state index in [4.69, 9.17) is 17.0 Å². The molecule has 2 aromatic rings. The molecule has 1 N–H and O–H groups in total. The molecule has 6 nitrogen and oxygen atoms in total. The van der Waals surface area contributed by atoms with E-state index in [0.29, 0.717) is 17.0 Å². The Hall–Kier alpha value is -2.71. The number of hydrogen-bond acceptors (Lipinski definition) is 6. The third kappa shape index (κ3) is 5.75. The van der Waals surface area contributed by atoms with Crippen LogP contribution in [0.15, 0.2) is 47.5 Å². The zero-order valence-corrected chi connectivity index (χ0v) is 20.1. The first-order valence-electron chi connectivity index (χ1n) is 10.4. The minimum atomic E-state index is -1.05. The summed E-state index contributed by atoms with van der Waals surface area (Å²) in [7, 11) is 0. The van der Waals surface area contributed by atoms with Gasteiger partial charge >= 0.3 is 5.97 Å². The van der Waals surface area contributed by atoms with Crippen LogP contribution in [0.5, 0.6) is 5.75 Å². The Bertz CT molecular complexity index is 1030. The first-order chi connectivity index (χ1) is 15.2.